The van der Waals surface area contributed by atoms with Gasteiger partial charge in [0.05, 0.1) is 16.8 Å². The van der Waals surface area contributed by atoms with Crippen LogP contribution in [0.2, 0.25) is 0 Å². The number of hydrogen-bond donors (Lipinski definition) is 1. The van der Waals surface area contributed by atoms with E-state index in [4.69, 9.17) is 4.74 Å². The standard InChI is InChI=1S/C27H25F2N3O3/c1-3-31(4-2)27(34)35-24-13-12-23-21(14-15-32(23)17-18-8-6-5-7-9-18)25(24)30-26(33)20-11-10-19(28)16-22(20)29/h5-16H,3-4,17H2,1-2H3,(H,30,33). The summed E-state index contributed by atoms with van der Waals surface area (Å²) in [4.78, 5) is 27.1. The van der Waals surface area contributed by atoms with Crippen molar-refractivity contribution in [2.75, 3.05) is 18.4 Å². The predicted molar refractivity (Wildman–Crippen MR) is 131 cm³/mol. The highest BCUT2D eigenvalue weighted by atomic mass is 19.1. The second-order valence-corrected chi connectivity index (χ2v) is 7.92. The zero-order valence-electron chi connectivity index (χ0n) is 19.4. The molecule has 35 heavy (non-hydrogen) atoms. The number of rotatable bonds is 7. The minimum atomic E-state index is -0.988. The number of carbonyl (C=O) groups excluding carboxylic acids is 2. The van der Waals surface area contributed by atoms with Crippen molar-refractivity contribution in [2.45, 2.75) is 20.4 Å². The fourth-order valence-electron chi connectivity index (χ4n) is 3.88. The summed E-state index contributed by atoms with van der Waals surface area (Å²) in [7, 11) is 0. The third kappa shape index (κ3) is 5.16. The lowest BCUT2D eigenvalue weighted by atomic mass is 10.1. The lowest BCUT2D eigenvalue weighted by molar-refractivity contribution is 0.102. The average molecular weight is 478 g/mol. The van der Waals surface area contributed by atoms with Crippen LogP contribution in [0, 0.1) is 11.6 Å². The first-order chi connectivity index (χ1) is 16.9. The van der Waals surface area contributed by atoms with Gasteiger partial charge in [-0.2, -0.15) is 0 Å². The Labute approximate surface area is 201 Å². The minimum absolute atomic E-state index is 0.128. The van der Waals surface area contributed by atoms with Crippen molar-refractivity contribution in [3.05, 3.63) is 95.7 Å². The molecule has 0 aliphatic carbocycles. The number of hydrogen-bond acceptors (Lipinski definition) is 3. The summed E-state index contributed by atoms with van der Waals surface area (Å²) in [5.74, 6) is -2.43. The second-order valence-electron chi connectivity index (χ2n) is 7.92. The molecule has 0 radical (unpaired) electrons. The highest BCUT2D eigenvalue weighted by Crippen LogP contribution is 2.35. The van der Waals surface area contributed by atoms with Crippen molar-refractivity contribution in [1.82, 2.24) is 9.47 Å². The Morgan fingerprint density at radius 1 is 0.971 bits per heavy atom. The van der Waals surface area contributed by atoms with E-state index >= 15 is 0 Å². The molecule has 4 aromatic rings. The van der Waals surface area contributed by atoms with Crippen molar-refractivity contribution >= 4 is 28.6 Å². The van der Waals surface area contributed by atoms with Gasteiger partial charge in [-0.05, 0) is 49.7 Å². The number of benzene rings is 3. The topological polar surface area (TPSA) is 63.6 Å². The van der Waals surface area contributed by atoms with Crippen LogP contribution in [0.5, 0.6) is 5.75 Å². The van der Waals surface area contributed by atoms with E-state index in [0.29, 0.717) is 31.1 Å². The van der Waals surface area contributed by atoms with E-state index in [-0.39, 0.29) is 17.0 Å². The number of amides is 2. The number of fused-ring (bicyclic) bond motifs is 1. The fraction of sp³-hybridized carbons (Fsp3) is 0.185. The van der Waals surface area contributed by atoms with Gasteiger partial charge in [0, 0.05) is 37.3 Å². The highest BCUT2D eigenvalue weighted by Gasteiger charge is 2.21. The van der Waals surface area contributed by atoms with Gasteiger partial charge in [0.2, 0.25) is 0 Å². The summed E-state index contributed by atoms with van der Waals surface area (Å²) in [6.07, 6.45) is 1.29. The Hall–Kier alpha value is -4.20. The maximum absolute atomic E-state index is 14.3. The van der Waals surface area contributed by atoms with Crippen molar-refractivity contribution in [2.24, 2.45) is 0 Å². The Balaban J connectivity index is 1.75. The third-order valence-corrected chi connectivity index (χ3v) is 5.74. The fourth-order valence-corrected chi connectivity index (χ4v) is 3.88. The van der Waals surface area contributed by atoms with Gasteiger partial charge in [-0.15, -0.1) is 0 Å². The molecule has 2 amide bonds. The van der Waals surface area contributed by atoms with Crippen molar-refractivity contribution in [3.63, 3.8) is 0 Å². The van der Waals surface area contributed by atoms with Gasteiger partial charge >= 0.3 is 6.09 Å². The zero-order valence-corrected chi connectivity index (χ0v) is 19.4. The molecule has 0 bridgehead atoms. The van der Waals surface area contributed by atoms with Crippen LogP contribution in [0.4, 0.5) is 19.3 Å². The molecule has 1 N–H and O–H groups in total. The number of aromatic nitrogens is 1. The maximum Gasteiger partial charge on any atom is 0.415 e. The molecule has 0 saturated heterocycles. The van der Waals surface area contributed by atoms with Crippen LogP contribution in [0.3, 0.4) is 0 Å². The molecule has 0 atom stereocenters. The monoisotopic (exact) mass is 477 g/mol. The summed E-state index contributed by atoms with van der Waals surface area (Å²) >= 11 is 0. The molecular weight excluding hydrogens is 452 g/mol. The third-order valence-electron chi connectivity index (χ3n) is 5.74. The molecular formula is C27H25F2N3O3. The van der Waals surface area contributed by atoms with Crippen LogP contribution in [-0.4, -0.2) is 34.6 Å². The minimum Gasteiger partial charge on any atom is -0.408 e. The predicted octanol–water partition coefficient (Wildman–Crippen LogP) is 6.06. The molecule has 4 rings (SSSR count). The first-order valence-corrected chi connectivity index (χ1v) is 11.3. The lowest BCUT2D eigenvalue weighted by Gasteiger charge is -2.20. The average Bonchev–Trinajstić information content (AvgIpc) is 3.24. The number of anilines is 1. The number of halogens is 2. The van der Waals surface area contributed by atoms with E-state index in [1.54, 1.807) is 18.2 Å². The van der Waals surface area contributed by atoms with Gasteiger partial charge in [-0.1, -0.05) is 30.3 Å². The molecule has 3 aromatic carbocycles. The van der Waals surface area contributed by atoms with Crippen molar-refractivity contribution in [1.29, 1.82) is 0 Å². The molecule has 180 valence electrons. The number of nitrogens with one attached hydrogen (secondary N) is 1. The number of nitrogens with zero attached hydrogens (tertiary/aromatic N) is 2. The van der Waals surface area contributed by atoms with Crippen LogP contribution in [0.1, 0.15) is 29.8 Å². The van der Waals surface area contributed by atoms with E-state index in [1.165, 1.54) is 4.90 Å². The normalized spacial score (nSPS) is 10.9. The van der Waals surface area contributed by atoms with Gasteiger partial charge < -0.3 is 19.5 Å². The Morgan fingerprint density at radius 2 is 1.71 bits per heavy atom. The molecule has 0 aliphatic rings. The summed E-state index contributed by atoms with van der Waals surface area (Å²) < 4.78 is 35.2. The molecule has 0 fully saturated rings. The number of ether oxygens (including phenoxy) is 1. The van der Waals surface area contributed by atoms with Gasteiger partial charge in [-0.3, -0.25) is 4.79 Å². The van der Waals surface area contributed by atoms with Gasteiger partial charge in [0.25, 0.3) is 5.91 Å². The van der Waals surface area contributed by atoms with Gasteiger partial charge in [-0.25, -0.2) is 13.6 Å². The van der Waals surface area contributed by atoms with Crippen LogP contribution < -0.4 is 10.1 Å². The quantitative estimate of drug-likeness (QED) is 0.352. The van der Waals surface area contributed by atoms with Crippen LogP contribution in [-0.2, 0) is 6.54 Å². The van der Waals surface area contributed by atoms with Crippen LogP contribution in [0.15, 0.2) is 72.9 Å². The van der Waals surface area contributed by atoms with E-state index < -0.39 is 23.6 Å². The molecule has 0 aliphatic heterocycles. The van der Waals surface area contributed by atoms with Crippen LogP contribution in [0.25, 0.3) is 10.9 Å². The van der Waals surface area contributed by atoms with Crippen molar-refractivity contribution < 1.29 is 23.1 Å². The smallest absolute Gasteiger partial charge is 0.408 e. The second kappa shape index (κ2) is 10.4. The van der Waals surface area contributed by atoms with Crippen LogP contribution >= 0.6 is 0 Å². The van der Waals surface area contributed by atoms with E-state index in [9.17, 15) is 18.4 Å². The molecule has 1 heterocycles. The summed E-state index contributed by atoms with van der Waals surface area (Å²) in [6, 6.07) is 17.8. The highest BCUT2D eigenvalue weighted by molar-refractivity contribution is 6.10. The number of carbonyl (C=O) groups is 2. The largest absolute Gasteiger partial charge is 0.415 e. The maximum atomic E-state index is 14.3. The van der Waals surface area contributed by atoms with Gasteiger partial charge in [0.15, 0.2) is 5.75 Å². The Bertz CT molecular complexity index is 1370. The molecule has 6 nitrogen and oxygen atoms in total. The first kappa shape index (κ1) is 23.9. The molecule has 0 saturated carbocycles. The molecule has 8 heteroatoms. The zero-order chi connectivity index (χ0) is 24.9. The lowest BCUT2D eigenvalue weighted by Crippen LogP contribution is -2.33. The Morgan fingerprint density at radius 3 is 2.40 bits per heavy atom. The summed E-state index contributed by atoms with van der Waals surface area (Å²) in [5.41, 5.74) is 1.77. The summed E-state index contributed by atoms with van der Waals surface area (Å²) in [6.45, 7) is 5.15. The van der Waals surface area contributed by atoms with Crippen molar-refractivity contribution in [3.8, 4) is 5.75 Å². The van der Waals surface area contributed by atoms with E-state index in [0.717, 1.165) is 23.2 Å². The SMILES string of the molecule is CCN(CC)C(=O)Oc1ccc2c(ccn2Cc2ccccc2)c1NC(=O)c1ccc(F)cc1F. The van der Waals surface area contributed by atoms with Gasteiger partial charge in [0.1, 0.15) is 11.6 Å². The molecule has 1 aromatic heterocycles. The first-order valence-electron chi connectivity index (χ1n) is 11.3. The Kier molecular flexibility index (Phi) is 7.10. The molecule has 0 spiro atoms. The van der Waals surface area contributed by atoms with E-state index in [2.05, 4.69) is 5.32 Å². The van der Waals surface area contributed by atoms with E-state index in [1.807, 2.05) is 54.9 Å². The molecule has 0 unspecified atom stereocenters. The summed E-state index contributed by atoms with van der Waals surface area (Å²) in [5, 5.41) is 3.29.